The van der Waals surface area contributed by atoms with Crippen molar-refractivity contribution in [3.63, 3.8) is 0 Å². The average molecular weight is 443 g/mol. The molecule has 0 aliphatic carbocycles. The van der Waals surface area contributed by atoms with Crippen LogP contribution < -0.4 is 20.3 Å². The number of benzene rings is 1. The molecule has 0 spiro atoms. The first-order valence-corrected chi connectivity index (χ1v) is 10.2. The Hall–Kier alpha value is -4.40. The van der Waals surface area contributed by atoms with Crippen LogP contribution in [0.15, 0.2) is 67.6 Å². The van der Waals surface area contributed by atoms with Crippen LogP contribution in [0.5, 0.6) is 5.75 Å². The van der Waals surface area contributed by atoms with Gasteiger partial charge in [0.1, 0.15) is 17.2 Å². The number of carbonyl (C=O) groups excluding carboxylic acids is 1. The van der Waals surface area contributed by atoms with E-state index in [4.69, 9.17) is 4.74 Å². The number of anilines is 4. The van der Waals surface area contributed by atoms with E-state index in [0.29, 0.717) is 35.4 Å². The molecule has 1 aromatic carbocycles. The molecule has 1 radical (unpaired) electrons. The molecular formula is C24H24N7O2. The number of aromatic nitrogens is 4. The Morgan fingerprint density at radius 3 is 2.82 bits per heavy atom. The van der Waals surface area contributed by atoms with Gasteiger partial charge in [-0.25, -0.2) is 9.97 Å². The van der Waals surface area contributed by atoms with Crippen molar-refractivity contribution in [2.75, 3.05) is 36.2 Å². The molecule has 0 aliphatic heterocycles. The monoisotopic (exact) mass is 442 g/mol. The minimum absolute atomic E-state index is 0.324. The lowest BCUT2D eigenvalue weighted by molar-refractivity contribution is -0.111. The van der Waals surface area contributed by atoms with E-state index in [1.165, 1.54) is 6.08 Å². The molecule has 3 aromatic heterocycles. The molecular weight excluding hydrogens is 418 g/mol. The molecule has 0 bridgehead atoms. The van der Waals surface area contributed by atoms with Crippen LogP contribution in [0.25, 0.3) is 16.9 Å². The van der Waals surface area contributed by atoms with Crippen molar-refractivity contribution in [1.82, 2.24) is 19.5 Å². The number of methoxy groups -OCH3 is 1. The molecule has 4 aromatic rings. The van der Waals surface area contributed by atoms with Crippen molar-refractivity contribution >= 4 is 40.0 Å². The van der Waals surface area contributed by atoms with Crippen LogP contribution in [-0.2, 0) is 4.79 Å². The Balaban J connectivity index is 1.72. The Kier molecular flexibility index (Phi) is 6.21. The van der Waals surface area contributed by atoms with Gasteiger partial charge in [-0.3, -0.25) is 9.36 Å². The molecule has 9 nitrogen and oxygen atoms in total. The molecule has 0 unspecified atom stereocenters. The normalized spacial score (nSPS) is 10.6. The third kappa shape index (κ3) is 4.47. The van der Waals surface area contributed by atoms with Crippen LogP contribution in [0.2, 0.25) is 0 Å². The first-order valence-electron chi connectivity index (χ1n) is 10.2. The standard InChI is InChI=1S/C24H24N7O2/c1-5-22(32)27-17-14-18(20(33-4)15-19(17)30(3)6-2)28-24-26-12-9-21(29-24)31-13-10-16-8-7-11-25-23(16)31/h5,7-15H,1-2,6H2,3-4H3,(H,27,32)(H,26,28,29). The van der Waals surface area contributed by atoms with Crippen LogP contribution in [0.4, 0.5) is 23.0 Å². The van der Waals surface area contributed by atoms with Gasteiger partial charge in [-0.05, 0) is 43.3 Å². The van der Waals surface area contributed by atoms with Gasteiger partial charge in [-0.15, -0.1) is 0 Å². The van der Waals surface area contributed by atoms with Gasteiger partial charge in [-0.1, -0.05) is 6.58 Å². The van der Waals surface area contributed by atoms with Crippen LogP contribution >= 0.6 is 0 Å². The highest BCUT2D eigenvalue weighted by atomic mass is 16.5. The summed E-state index contributed by atoms with van der Waals surface area (Å²) in [6.45, 7) is 7.94. The average Bonchev–Trinajstić information content (AvgIpc) is 3.28. The number of hydrogen-bond acceptors (Lipinski definition) is 7. The second-order valence-electron chi connectivity index (χ2n) is 7.15. The van der Waals surface area contributed by atoms with E-state index in [1.54, 1.807) is 31.6 Å². The summed E-state index contributed by atoms with van der Waals surface area (Å²) < 4.78 is 7.48. The number of pyridine rings is 1. The first-order chi connectivity index (χ1) is 16.0. The van der Waals surface area contributed by atoms with E-state index >= 15 is 0 Å². The maximum absolute atomic E-state index is 12.0. The second kappa shape index (κ2) is 9.39. The predicted molar refractivity (Wildman–Crippen MR) is 130 cm³/mol. The summed E-state index contributed by atoms with van der Waals surface area (Å²) in [5.41, 5.74) is 2.72. The summed E-state index contributed by atoms with van der Waals surface area (Å²) in [5.74, 6) is 1.26. The lowest BCUT2D eigenvalue weighted by Crippen LogP contribution is -2.19. The van der Waals surface area contributed by atoms with Gasteiger partial charge < -0.3 is 20.3 Å². The van der Waals surface area contributed by atoms with Crippen LogP contribution in [-0.4, -0.2) is 46.1 Å². The maximum Gasteiger partial charge on any atom is 0.247 e. The molecule has 0 atom stereocenters. The maximum atomic E-state index is 12.0. The molecule has 0 aliphatic rings. The second-order valence-corrected chi connectivity index (χ2v) is 7.15. The molecule has 0 saturated heterocycles. The minimum atomic E-state index is -0.324. The molecule has 9 heteroatoms. The Labute approximate surface area is 191 Å². The van der Waals surface area contributed by atoms with Crippen molar-refractivity contribution in [1.29, 1.82) is 0 Å². The zero-order valence-electron chi connectivity index (χ0n) is 18.4. The topological polar surface area (TPSA) is 97.2 Å². The fraction of sp³-hybridized carbons (Fsp3) is 0.125. The minimum Gasteiger partial charge on any atom is -0.494 e. The van der Waals surface area contributed by atoms with Crippen LogP contribution in [0.1, 0.15) is 0 Å². The summed E-state index contributed by atoms with van der Waals surface area (Å²) in [6.07, 6.45) is 6.54. The molecule has 0 saturated carbocycles. The van der Waals surface area contributed by atoms with Crippen molar-refractivity contribution in [3.8, 4) is 11.6 Å². The van der Waals surface area contributed by atoms with Gasteiger partial charge in [0.15, 0.2) is 0 Å². The lowest BCUT2D eigenvalue weighted by atomic mass is 10.2. The Morgan fingerprint density at radius 2 is 2.06 bits per heavy atom. The van der Waals surface area contributed by atoms with Crippen molar-refractivity contribution in [2.45, 2.75) is 0 Å². The molecule has 33 heavy (non-hydrogen) atoms. The molecule has 3 heterocycles. The highest BCUT2D eigenvalue weighted by Crippen LogP contribution is 2.37. The van der Waals surface area contributed by atoms with E-state index in [-0.39, 0.29) is 5.91 Å². The van der Waals surface area contributed by atoms with Crippen molar-refractivity contribution in [2.24, 2.45) is 0 Å². The first kappa shape index (κ1) is 21.8. The smallest absolute Gasteiger partial charge is 0.247 e. The largest absolute Gasteiger partial charge is 0.494 e. The number of rotatable bonds is 8. The molecule has 1 amide bonds. The number of hydrogen-bond donors (Lipinski definition) is 2. The molecule has 0 fully saturated rings. The summed E-state index contributed by atoms with van der Waals surface area (Å²) in [4.78, 5) is 27.3. The third-order valence-electron chi connectivity index (χ3n) is 5.09. The van der Waals surface area contributed by atoms with E-state index in [0.717, 1.165) is 16.7 Å². The number of nitrogens with zero attached hydrogens (tertiary/aromatic N) is 5. The number of ether oxygens (including phenoxy) is 1. The van der Waals surface area contributed by atoms with Gasteiger partial charge in [0.2, 0.25) is 11.9 Å². The zero-order chi connectivity index (χ0) is 23.4. The van der Waals surface area contributed by atoms with Crippen molar-refractivity contribution in [3.05, 3.63) is 74.6 Å². The highest BCUT2D eigenvalue weighted by Gasteiger charge is 2.16. The number of amides is 1. The van der Waals surface area contributed by atoms with Gasteiger partial charge in [-0.2, -0.15) is 4.98 Å². The molecule has 2 N–H and O–H groups in total. The lowest BCUT2D eigenvalue weighted by Gasteiger charge is -2.23. The highest BCUT2D eigenvalue weighted by molar-refractivity contribution is 6.02. The van der Waals surface area contributed by atoms with E-state index in [1.807, 2.05) is 47.0 Å². The van der Waals surface area contributed by atoms with E-state index in [9.17, 15) is 4.79 Å². The molecule has 167 valence electrons. The summed E-state index contributed by atoms with van der Waals surface area (Å²) >= 11 is 0. The van der Waals surface area contributed by atoms with Gasteiger partial charge in [0.25, 0.3) is 0 Å². The zero-order valence-corrected chi connectivity index (χ0v) is 18.4. The molecule has 4 rings (SSSR count). The summed E-state index contributed by atoms with van der Waals surface area (Å²) in [5, 5.41) is 7.04. The van der Waals surface area contributed by atoms with E-state index in [2.05, 4.69) is 39.1 Å². The van der Waals surface area contributed by atoms with Gasteiger partial charge in [0.05, 0.1) is 24.2 Å². The predicted octanol–water partition coefficient (Wildman–Crippen LogP) is 3.96. The Morgan fingerprint density at radius 1 is 1.21 bits per heavy atom. The fourth-order valence-corrected chi connectivity index (χ4v) is 3.37. The summed E-state index contributed by atoms with van der Waals surface area (Å²) in [7, 11) is 3.45. The van der Waals surface area contributed by atoms with Crippen LogP contribution in [0.3, 0.4) is 0 Å². The fourth-order valence-electron chi connectivity index (χ4n) is 3.37. The van der Waals surface area contributed by atoms with E-state index < -0.39 is 0 Å². The SMILES string of the molecule is [CH2]CN(C)c1cc(OC)c(Nc2nccc(-n3ccc4cccnc43)n2)cc1NC(=O)C=C. The van der Waals surface area contributed by atoms with Gasteiger partial charge in [0, 0.05) is 43.6 Å². The van der Waals surface area contributed by atoms with Crippen LogP contribution in [0, 0.1) is 6.92 Å². The quantitative estimate of drug-likeness (QED) is 0.399. The number of fused-ring (bicyclic) bond motifs is 1. The number of carbonyl (C=O) groups is 1. The third-order valence-corrected chi connectivity index (χ3v) is 5.09. The number of nitrogens with one attached hydrogen (secondary N) is 2. The van der Waals surface area contributed by atoms with Crippen molar-refractivity contribution < 1.29 is 9.53 Å². The summed E-state index contributed by atoms with van der Waals surface area (Å²) in [6, 6.07) is 11.3. The van der Waals surface area contributed by atoms with Gasteiger partial charge >= 0.3 is 0 Å². The Bertz CT molecular complexity index is 1320.